The molecule has 2 aromatic carbocycles. The van der Waals surface area contributed by atoms with Crippen molar-refractivity contribution in [1.82, 2.24) is 14.8 Å². The minimum atomic E-state index is -0.446. The molecule has 2 heterocycles. The predicted molar refractivity (Wildman–Crippen MR) is 128 cm³/mol. The molecule has 0 saturated carbocycles. The predicted octanol–water partition coefficient (Wildman–Crippen LogP) is 4.32. The lowest BCUT2D eigenvalue weighted by Crippen LogP contribution is -2.47. The van der Waals surface area contributed by atoms with Gasteiger partial charge in [-0.3, -0.25) is 9.69 Å². The number of amides is 1. The van der Waals surface area contributed by atoms with Crippen molar-refractivity contribution in [1.29, 1.82) is 0 Å². The molecule has 3 aromatic rings. The molecular weight excluding hydrogens is 441 g/mol. The van der Waals surface area contributed by atoms with Gasteiger partial charge in [0.25, 0.3) is 0 Å². The Labute approximate surface area is 196 Å². The van der Waals surface area contributed by atoms with Gasteiger partial charge < -0.3 is 14.4 Å². The smallest absolute Gasteiger partial charge is 0.246 e. The Hall–Kier alpha value is -3.23. The summed E-state index contributed by atoms with van der Waals surface area (Å²) in [6.07, 6.45) is 3.13. The number of halogens is 1. The molecule has 0 N–H and O–H groups in total. The number of ether oxygens (including phenoxy) is 2. The minimum Gasteiger partial charge on any atom is -0.497 e. The Bertz CT molecular complexity index is 1120. The van der Waals surface area contributed by atoms with Crippen molar-refractivity contribution in [2.75, 3.05) is 40.4 Å². The number of carbonyl (C=O) groups is 1. The van der Waals surface area contributed by atoms with Crippen molar-refractivity contribution in [3.05, 3.63) is 71.0 Å². The van der Waals surface area contributed by atoms with Crippen LogP contribution in [-0.4, -0.2) is 61.1 Å². The topological polar surface area (TPSA) is 54.9 Å². The molecule has 0 bridgehead atoms. The van der Waals surface area contributed by atoms with Crippen molar-refractivity contribution < 1.29 is 18.7 Å². The highest BCUT2D eigenvalue weighted by Crippen LogP contribution is 2.26. The van der Waals surface area contributed by atoms with E-state index in [9.17, 15) is 9.18 Å². The van der Waals surface area contributed by atoms with Gasteiger partial charge in [0.1, 0.15) is 10.8 Å². The van der Waals surface area contributed by atoms with Gasteiger partial charge in [0.05, 0.1) is 19.9 Å². The third kappa shape index (κ3) is 5.77. The summed E-state index contributed by atoms with van der Waals surface area (Å²) in [6, 6.07) is 12.5. The number of rotatable bonds is 7. The first-order chi connectivity index (χ1) is 16.1. The van der Waals surface area contributed by atoms with E-state index >= 15 is 0 Å². The second-order valence-corrected chi connectivity index (χ2v) is 8.56. The van der Waals surface area contributed by atoms with Crippen LogP contribution in [0.4, 0.5) is 4.39 Å². The van der Waals surface area contributed by atoms with Crippen molar-refractivity contribution >= 4 is 23.3 Å². The van der Waals surface area contributed by atoms with E-state index in [1.54, 1.807) is 36.7 Å². The third-order valence-electron chi connectivity index (χ3n) is 5.55. The number of aromatic nitrogens is 1. The molecule has 0 aliphatic carbocycles. The molecule has 0 atom stereocenters. The Morgan fingerprint density at radius 2 is 1.85 bits per heavy atom. The average molecular weight is 468 g/mol. The fourth-order valence-corrected chi connectivity index (χ4v) is 4.48. The molecule has 1 aliphatic heterocycles. The lowest BCUT2D eigenvalue weighted by molar-refractivity contribution is -0.127. The van der Waals surface area contributed by atoms with Crippen LogP contribution in [0.3, 0.4) is 0 Å². The normalized spacial score (nSPS) is 14.6. The monoisotopic (exact) mass is 467 g/mol. The van der Waals surface area contributed by atoms with Crippen molar-refractivity contribution in [3.63, 3.8) is 0 Å². The summed E-state index contributed by atoms with van der Waals surface area (Å²) in [7, 11) is 3.08. The van der Waals surface area contributed by atoms with Gasteiger partial charge in [-0.1, -0.05) is 6.07 Å². The largest absolute Gasteiger partial charge is 0.497 e. The molecule has 172 valence electrons. The van der Waals surface area contributed by atoms with Gasteiger partial charge in [-0.25, -0.2) is 9.37 Å². The summed E-state index contributed by atoms with van der Waals surface area (Å²) in [5.74, 6) is 0.499. The summed E-state index contributed by atoms with van der Waals surface area (Å²) < 4.78 is 23.9. The zero-order valence-corrected chi connectivity index (χ0v) is 19.5. The standard InChI is InChI=1S/C25H26FN3O3S/c1-31-21-7-5-19(6-8-21)25-27-20(17-33-25)16-28-11-13-29(14-12-28)24(30)10-4-18-3-9-23(32-2)22(26)15-18/h3-10,15,17H,11-14,16H2,1-2H3/b10-4+. The molecule has 33 heavy (non-hydrogen) atoms. The second kappa shape index (κ2) is 10.6. The van der Waals surface area contributed by atoms with E-state index < -0.39 is 5.82 Å². The molecule has 1 aliphatic rings. The van der Waals surface area contributed by atoms with E-state index in [0.29, 0.717) is 18.7 Å². The maximum absolute atomic E-state index is 13.8. The number of thiazole rings is 1. The van der Waals surface area contributed by atoms with E-state index in [4.69, 9.17) is 14.5 Å². The van der Waals surface area contributed by atoms with E-state index in [1.165, 1.54) is 19.3 Å². The first-order valence-electron chi connectivity index (χ1n) is 10.7. The van der Waals surface area contributed by atoms with Gasteiger partial charge in [0.15, 0.2) is 11.6 Å². The highest BCUT2D eigenvalue weighted by atomic mass is 32.1. The van der Waals surface area contributed by atoms with Crippen LogP contribution >= 0.6 is 11.3 Å². The number of methoxy groups -OCH3 is 2. The molecule has 1 aromatic heterocycles. The number of nitrogens with zero attached hydrogens (tertiary/aromatic N) is 3. The third-order valence-corrected chi connectivity index (χ3v) is 6.49. The fraction of sp³-hybridized carbons (Fsp3) is 0.280. The molecular formula is C25H26FN3O3S. The van der Waals surface area contributed by atoms with Gasteiger partial charge in [0, 0.05) is 49.7 Å². The zero-order chi connectivity index (χ0) is 23.2. The van der Waals surface area contributed by atoms with Crippen LogP contribution in [0.25, 0.3) is 16.6 Å². The van der Waals surface area contributed by atoms with Crippen LogP contribution in [0, 0.1) is 5.82 Å². The number of carbonyl (C=O) groups excluding carboxylic acids is 1. The Morgan fingerprint density at radius 1 is 1.09 bits per heavy atom. The van der Waals surface area contributed by atoms with Crippen LogP contribution in [0.5, 0.6) is 11.5 Å². The highest BCUT2D eigenvalue weighted by Gasteiger charge is 2.20. The van der Waals surface area contributed by atoms with Crippen LogP contribution in [0.2, 0.25) is 0 Å². The maximum atomic E-state index is 13.8. The SMILES string of the molecule is COc1ccc(-c2nc(CN3CCN(C(=O)/C=C/c4ccc(OC)c(F)c4)CC3)cs2)cc1. The van der Waals surface area contributed by atoms with E-state index in [2.05, 4.69) is 10.3 Å². The molecule has 0 radical (unpaired) electrons. The first kappa shape index (κ1) is 22.9. The Kier molecular flexibility index (Phi) is 7.36. The minimum absolute atomic E-state index is 0.0682. The van der Waals surface area contributed by atoms with Crippen molar-refractivity contribution in [3.8, 4) is 22.1 Å². The molecule has 1 saturated heterocycles. The van der Waals surface area contributed by atoms with Crippen LogP contribution < -0.4 is 9.47 Å². The van der Waals surface area contributed by atoms with Crippen molar-refractivity contribution in [2.24, 2.45) is 0 Å². The summed E-state index contributed by atoms with van der Waals surface area (Å²) in [6.45, 7) is 3.62. The summed E-state index contributed by atoms with van der Waals surface area (Å²) >= 11 is 1.63. The molecule has 8 heteroatoms. The van der Waals surface area contributed by atoms with Crippen LogP contribution in [0.15, 0.2) is 53.9 Å². The fourth-order valence-electron chi connectivity index (χ4n) is 3.66. The van der Waals surface area contributed by atoms with Gasteiger partial charge in [-0.2, -0.15) is 0 Å². The quantitative estimate of drug-likeness (QED) is 0.485. The van der Waals surface area contributed by atoms with Gasteiger partial charge in [-0.05, 0) is 48.0 Å². The van der Waals surface area contributed by atoms with E-state index in [-0.39, 0.29) is 11.7 Å². The van der Waals surface area contributed by atoms with E-state index in [1.807, 2.05) is 29.2 Å². The Balaban J connectivity index is 1.28. The maximum Gasteiger partial charge on any atom is 0.246 e. The second-order valence-electron chi connectivity index (χ2n) is 7.70. The molecule has 1 amide bonds. The number of hydrogen-bond acceptors (Lipinski definition) is 6. The zero-order valence-electron chi connectivity index (χ0n) is 18.7. The molecule has 6 nitrogen and oxygen atoms in total. The van der Waals surface area contributed by atoms with Gasteiger partial charge in [-0.15, -0.1) is 11.3 Å². The summed E-state index contributed by atoms with van der Waals surface area (Å²) in [4.78, 5) is 21.4. The Morgan fingerprint density at radius 3 is 2.52 bits per heavy atom. The molecule has 1 fully saturated rings. The number of piperazine rings is 1. The molecule has 0 unspecified atom stereocenters. The first-order valence-corrected chi connectivity index (χ1v) is 11.6. The highest BCUT2D eigenvalue weighted by molar-refractivity contribution is 7.13. The lowest BCUT2D eigenvalue weighted by atomic mass is 10.2. The van der Waals surface area contributed by atoms with Crippen LogP contribution in [0.1, 0.15) is 11.3 Å². The number of benzene rings is 2. The summed E-state index contributed by atoms with van der Waals surface area (Å²) in [5, 5.41) is 3.08. The van der Waals surface area contributed by atoms with Gasteiger partial charge in [0.2, 0.25) is 5.91 Å². The number of hydrogen-bond donors (Lipinski definition) is 0. The van der Waals surface area contributed by atoms with Crippen LogP contribution in [-0.2, 0) is 11.3 Å². The molecule has 0 spiro atoms. The summed E-state index contributed by atoms with van der Waals surface area (Å²) in [5.41, 5.74) is 2.73. The average Bonchev–Trinajstić information content (AvgIpc) is 3.31. The van der Waals surface area contributed by atoms with Crippen molar-refractivity contribution in [2.45, 2.75) is 6.54 Å². The van der Waals surface area contributed by atoms with E-state index in [0.717, 1.165) is 41.6 Å². The van der Waals surface area contributed by atoms with Gasteiger partial charge >= 0.3 is 0 Å². The molecule has 4 rings (SSSR count). The lowest BCUT2D eigenvalue weighted by Gasteiger charge is -2.33.